The van der Waals surface area contributed by atoms with Gasteiger partial charge in [-0.25, -0.2) is 0 Å². The Morgan fingerprint density at radius 2 is 2.42 bits per heavy atom. The first-order valence-electron chi connectivity index (χ1n) is 4.04. The van der Waals surface area contributed by atoms with Crippen LogP contribution in [0.5, 0.6) is 0 Å². The van der Waals surface area contributed by atoms with Crippen molar-refractivity contribution in [1.82, 2.24) is 5.32 Å². The number of thioether (sulfide) groups is 1. The van der Waals surface area contributed by atoms with Crippen molar-refractivity contribution in [2.45, 2.75) is 24.6 Å². The first kappa shape index (κ1) is 10.7. The summed E-state index contributed by atoms with van der Waals surface area (Å²) in [7, 11) is 0. The molecule has 0 aliphatic carbocycles. The van der Waals surface area contributed by atoms with E-state index < -0.39 is 0 Å². The lowest BCUT2D eigenvalue weighted by Gasteiger charge is -2.08. The Hall–Kier alpha value is 0.630. The van der Waals surface area contributed by atoms with Crippen molar-refractivity contribution in [3.63, 3.8) is 0 Å². The van der Waals surface area contributed by atoms with E-state index in [4.69, 9.17) is 23.2 Å². The van der Waals surface area contributed by atoms with Gasteiger partial charge in [0.25, 0.3) is 0 Å². The molecule has 1 saturated heterocycles. The summed E-state index contributed by atoms with van der Waals surface area (Å²) in [5.74, 6) is 1.20. The molecule has 0 aromatic rings. The normalized spacial score (nSPS) is 28.9. The van der Waals surface area contributed by atoms with Gasteiger partial charge in [0.2, 0.25) is 0 Å². The molecule has 1 nitrogen and oxygen atoms in total. The number of rotatable bonds is 3. The Kier molecular flexibility index (Phi) is 4.80. The van der Waals surface area contributed by atoms with Crippen molar-refractivity contribution in [2.24, 2.45) is 0 Å². The predicted octanol–water partition coefficient (Wildman–Crippen LogP) is 2.79. The van der Waals surface area contributed by atoms with Gasteiger partial charge in [-0.1, -0.05) is 30.1 Å². The van der Waals surface area contributed by atoms with E-state index in [2.05, 4.69) is 12.2 Å². The van der Waals surface area contributed by atoms with Crippen LogP contribution in [0.25, 0.3) is 0 Å². The van der Waals surface area contributed by atoms with E-state index in [1.165, 1.54) is 12.2 Å². The minimum atomic E-state index is 0.348. The molecule has 0 bridgehead atoms. The second-order valence-electron chi connectivity index (χ2n) is 2.98. The Balaban J connectivity index is 2.12. The van der Waals surface area contributed by atoms with E-state index in [1.807, 2.05) is 11.8 Å². The van der Waals surface area contributed by atoms with Crippen molar-refractivity contribution in [1.29, 1.82) is 0 Å². The van der Waals surface area contributed by atoms with Crippen molar-refractivity contribution < 1.29 is 0 Å². The van der Waals surface area contributed by atoms with Crippen LogP contribution in [0.15, 0.2) is 10.6 Å². The summed E-state index contributed by atoms with van der Waals surface area (Å²) in [5.41, 5.74) is 0. The molecule has 4 heteroatoms. The lowest BCUT2D eigenvalue weighted by Crippen LogP contribution is -2.29. The maximum absolute atomic E-state index is 5.47. The van der Waals surface area contributed by atoms with Crippen LogP contribution in [0.3, 0.4) is 0 Å². The molecule has 1 aliphatic heterocycles. The van der Waals surface area contributed by atoms with Crippen LogP contribution in [0.4, 0.5) is 0 Å². The summed E-state index contributed by atoms with van der Waals surface area (Å²) in [6, 6.07) is 0.633. The summed E-state index contributed by atoms with van der Waals surface area (Å²) >= 11 is 13.0. The van der Waals surface area contributed by atoms with Crippen molar-refractivity contribution >= 4 is 35.0 Å². The van der Waals surface area contributed by atoms with Gasteiger partial charge in [-0.15, -0.1) is 0 Å². The fourth-order valence-corrected chi connectivity index (χ4v) is 2.60. The van der Waals surface area contributed by atoms with Gasteiger partial charge in [-0.05, 0) is 12.5 Å². The van der Waals surface area contributed by atoms with Crippen LogP contribution in [0, 0.1) is 0 Å². The van der Waals surface area contributed by atoms with Crippen LogP contribution in [0.2, 0.25) is 0 Å². The van der Waals surface area contributed by atoms with Gasteiger partial charge in [0.1, 0.15) is 4.49 Å². The molecule has 0 amide bonds. The Morgan fingerprint density at radius 3 is 2.92 bits per heavy atom. The number of halogens is 2. The maximum atomic E-state index is 5.47. The van der Waals surface area contributed by atoms with Gasteiger partial charge in [0.15, 0.2) is 0 Å². The van der Waals surface area contributed by atoms with Gasteiger partial charge in [-0.2, -0.15) is 11.8 Å². The quantitative estimate of drug-likeness (QED) is 0.794. The Morgan fingerprint density at radius 1 is 1.67 bits per heavy atom. The summed E-state index contributed by atoms with van der Waals surface area (Å²) < 4.78 is 0.348. The molecule has 1 N–H and O–H groups in total. The third-order valence-corrected chi connectivity index (χ3v) is 3.53. The highest BCUT2D eigenvalue weighted by Gasteiger charge is 2.20. The lowest BCUT2D eigenvalue weighted by atomic mass is 10.2. The largest absolute Gasteiger partial charge is 0.310 e. The van der Waals surface area contributed by atoms with E-state index in [1.54, 1.807) is 6.08 Å². The Bertz CT molecular complexity index is 168. The zero-order chi connectivity index (χ0) is 8.97. The average molecular weight is 226 g/mol. The fourth-order valence-electron chi connectivity index (χ4n) is 1.26. The van der Waals surface area contributed by atoms with Crippen LogP contribution in [-0.2, 0) is 0 Å². The molecule has 2 unspecified atom stereocenters. The zero-order valence-electron chi connectivity index (χ0n) is 7.02. The summed E-state index contributed by atoms with van der Waals surface area (Å²) in [4.78, 5) is 0. The SMILES string of the molecule is CC1CC(NCC=C(Cl)Cl)CS1. The monoisotopic (exact) mass is 225 g/mol. The lowest BCUT2D eigenvalue weighted by molar-refractivity contribution is 0.571. The first-order valence-corrected chi connectivity index (χ1v) is 5.85. The van der Waals surface area contributed by atoms with Crippen LogP contribution >= 0.6 is 35.0 Å². The minimum Gasteiger partial charge on any atom is -0.310 e. The molecule has 1 aliphatic rings. The van der Waals surface area contributed by atoms with Gasteiger partial charge < -0.3 is 5.32 Å². The van der Waals surface area contributed by atoms with Crippen molar-refractivity contribution in [3.05, 3.63) is 10.6 Å². The fraction of sp³-hybridized carbons (Fsp3) is 0.750. The molecule has 1 fully saturated rings. The number of hydrogen-bond donors (Lipinski definition) is 1. The summed E-state index contributed by atoms with van der Waals surface area (Å²) in [5, 5.41) is 4.17. The molecule has 1 heterocycles. The molecule has 2 atom stereocenters. The molecule has 0 aromatic carbocycles. The topological polar surface area (TPSA) is 12.0 Å². The van der Waals surface area contributed by atoms with Gasteiger partial charge in [-0.3, -0.25) is 0 Å². The Labute approximate surface area is 87.9 Å². The molecular weight excluding hydrogens is 213 g/mol. The second kappa shape index (κ2) is 5.38. The minimum absolute atomic E-state index is 0.348. The van der Waals surface area contributed by atoms with Crippen molar-refractivity contribution in [3.8, 4) is 0 Å². The van der Waals surface area contributed by atoms with Crippen LogP contribution < -0.4 is 5.32 Å². The highest BCUT2D eigenvalue weighted by Crippen LogP contribution is 2.25. The van der Waals surface area contributed by atoms with E-state index >= 15 is 0 Å². The van der Waals surface area contributed by atoms with E-state index in [0.29, 0.717) is 10.5 Å². The van der Waals surface area contributed by atoms with Crippen molar-refractivity contribution in [2.75, 3.05) is 12.3 Å². The number of hydrogen-bond acceptors (Lipinski definition) is 2. The highest BCUT2D eigenvalue weighted by atomic mass is 35.5. The smallest absolute Gasteiger partial charge is 0.104 e. The third-order valence-electron chi connectivity index (χ3n) is 1.86. The summed E-state index contributed by atoms with van der Waals surface area (Å²) in [6.07, 6.45) is 3.04. The van der Waals surface area contributed by atoms with Gasteiger partial charge >= 0.3 is 0 Å². The van der Waals surface area contributed by atoms with Gasteiger partial charge in [0.05, 0.1) is 0 Å². The molecule has 70 valence electrons. The van der Waals surface area contributed by atoms with Gasteiger partial charge in [0, 0.05) is 23.6 Å². The average Bonchev–Trinajstić information content (AvgIpc) is 2.35. The molecule has 1 rings (SSSR count). The van der Waals surface area contributed by atoms with E-state index in [9.17, 15) is 0 Å². The van der Waals surface area contributed by atoms with Crippen LogP contribution in [0.1, 0.15) is 13.3 Å². The molecule has 0 saturated carbocycles. The van der Waals surface area contributed by atoms with Crippen LogP contribution in [-0.4, -0.2) is 23.6 Å². The molecule has 0 spiro atoms. The van der Waals surface area contributed by atoms with E-state index in [-0.39, 0.29) is 0 Å². The molecule has 12 heavy (non-hydrogen) atoms. The molecular formula is C8H13Cl2NS. The standard InChI is InChI=1S/C8H13Cl2NS/c1-6-4-7(5-12-6)11-3-2-8(9)10/h2,6-7,11H,3-5H2,1H3. The summed E-state index contributed by atoms with van der Waals surface area (Å²) in [6.45, 7) is 3.04. The molecule has 0 radical (unpaired) electrons. The second-order valence-corrected chi connectivity index (χ2v) is 5.46. The zero-order valence-corrected chi connectivity index (χ0v) is 9.35. The number of nitrogens with one attached hydrogen (secondary N) is 1. The maximum Gasteiger partial charge on any atom is 0.104 e. The highest BCUT2D eigenvalue weighted by molar-refractivity contribution is 8.00. The predicted molar refractivity (Wildman–Crippen MR) is 58.1 cm³/mol. The van der Waals surface area contributed by atoms with E-state index in [0.717, 1.165) is 11.8 Å². The first-order chi connectivity index (χ1) is 5.68. The third kappa shape index (κ3) is 4.04. The molecule has 0 aromatic heterocycles.